The van der Waals surface area contributed by atoms with Crippen LogP contribution in [0.5, 0.6) is 0 Å². The van der Waals surface area contributed by atoms with Gasteiger partial charge in [-0.25, -0.2) is 0 Å². The van der Waals surface area contributed by atoms with Crippen molar-refractivity contribution >= 4 is 17.5 Å². The average molecular weight is 378 g/mol. The second kappa shape index (κ2) is 8.17. The molecular formula is C22H22N2O4. The Labute approximate surface area is 163 Å². The predicted molar refractivity (Wildman–Crippen MR) is 104 cm³/mol. The molecule has 6 nitrogen and oxygen atoms in total. The maximum atomic E-state index is 13.3. The number of carbonyl (C=O) groups excluding carboxylic acids is 2. The maximum absolute atomic E-state index is 13.3. The van der Waals surface area contributed by atoms with Crippen LogP contribution < -0.4 is 5.32 Å². The Morgan fingerprint density at radius 1 is 1.00 bits per heavy atom. The topological polar surface area (TPSA) is 75.7 Å². The van der Waals surface area contributed by atoms with Crippen LogP contribution >= 0.6 is 0 Å². The van der Waals surface area contributed by atoms with E-state index >= 15 is 0 Å². The van der Waals surface area contributed by atoms with Gasteiger partial charge >= 0.3 is 0 Å². The van der Waals surface area contributed by atoms with Gasteiger partial charge in [0.15, 0.2) is 5.76 Å². The third-order valence-corrected chi connectivity index (χ3v) is 5.04. The van der Waals surface area contributed by atoms with Crippen molar-refractivity contribution in [1.82, 2.24) is 4.90 Å². The van der Waals surface area contributed by atoms with E-state index in [1.54, 1.807) is 42.7 Å². The molecule has 4 rings (SSSR count). The molecule has 0 spiro atoms. The normalized spacial score (nSPS) is 14.1. The lowest BCUT2D eigenvalue weighted by atomic mass is 10.1. The standard InChI is InChI=1S/C22H22N2O4/c25-21(20-11-5-13-28-20)23-17-7-3-6-16(14-17)22(26)24(18-8-1-2-9-18)15-19-10-4-12-27-19/h3-7,10-14,18H,1-2,8-9,15H2,(H,23,25). The average Bonchev–Trinajstić information content (AvgIpc) is 3.49. The van der Waals surface area contributed by atoms with Crippen molar-refractivity contribution in [3.63, 3.8) is 0 Å². The number of carbonyl (C=O) groups is 2. The Morgan fingerprint density at radius 2 is 1.79 bits per heavy atom. The molecule has 0 atom stereocenters. The highest BCUT2D eigenvalue weighted by molar-refractivity contribution is 6.03. The van der Waals surface area contributed by atoms with Gasteiger partial charge in [-0.3, -0.25) is 9.59 Å². The summed E-state index contributed by atoms with van der Waals surface area (Å²) in [7, 11) is 0. The highest BCUT2D eigenvalue weighted by Gasteiger charge is 2.28. The Morgan fingerprint density at radius 3 is 2.50 bits per heavy atom. The van der Waals surface area contributed by atoms with Gasteiger partial charge in [-0.1, -0.05) is 18.9 Å². The maximum Gasteiger partial charge on any atom is 0.291 e. The fourth-order valence-electron chi connectivity index (χ4n) is 3.65. The van der Waals surface area contributed by atoms with Crippen molar-refractivity contribution in [2.45, 2.75) is 38.3 Å². The van der Waals surface area contributed by atoms with Crippen LogP contribution in [0.3, 0.4) is 0 Å². The summed E-state index contributed by atoms with van der Waals surface area (Å²) in [5, 5.41) is 2.77. The first-order valence-electron chi connectivity index (χ1n) is 9.49. The fourth-order valence-corrected chi connectivity index (χ4v) is 3.65. The van der Waals surface area contributed by atoms with Gasteiger partial charge in [-0.15, -0.1) is 0 Å². The van der Waals surface area contributed by atoms with Crippen molar-refractivity contribution in [3.8, 4) is 0 Å². The largest absolute Gasteiger partial charge is 0.467 e. The number of nitrogens with zero attached hydrogens (tertiary/aromatic N) is 1. The van der Waals surface area contributed by atoms with Crippen LogP contribution in [0.1, 0.15) is 52.4 Å². The molecule has 1 saturated carbocycles. The molecule has 1 aliphatic carbocycles. The zero-order chi connectivity index (χ0) is 19.3. The summed E-state index contributed by atoms with van der Waals surface area (Å²) in [6.45, 7) is 0.444. The minimum Gasteiger partial charge on any atom is -0.467 e. The first-order chi connectivity index (χ1) is 13.7. The number of hydrogen-bond donors (Lipinski definition) is 1. The Balaban J connectivity index is 1.53. The number of nitrogens with one attached hydrogen (secondary N) is 1. The van der Waals surface area contributed by atoms with E-state index in [2.05, 4.69) is 5.32 Å². The Kier molecular flexibility index (Phi) is 5.28. The molecule has 2 aromatic heterocycles. The van der Waals surface area contributed by atoms with Crippen LogP contribution in [-0.4, -0.2) is 22.8 Å². The van der Waals surface area contributed by atoms with Gasteiger partial charge in [-0.05, 0) is 55.3 Å². The zero-order valence-corrected chi connectivity index (χ0v) is 15.5. The van der Waals surface area contributed by atoms with Gasteiger partial charge < -0.3 is 19.1 Å². The molecule has 1 aliphatic rings. The molecule has 2 heterocycles. The van der Waals surface area contributed by atoms with Gasteiger partial charge in [0.1, 0.15) is 5.76 Å². The minimum atomic E-state index is -0.349. The summed E-state index contributed by atoms with van der Waals surface area (Å²) < 4.78 is 10.6. The lowest BCUT2D eigenvalue weighted by molar-refractivity contribution is 0.0649. The molecule has 1 fully saturated rings. The summed E-state index contributed by atoms with van der Waals surface area (Å²) in [5.74, 6) is 0.583. The molecule has 2 amide bonds. The lowest BCUT2D eigenvalue weighted by Crippen LogP contribution is -2.38. The van der Waals surface area contributed by atoms with Gasteiger partial charge in [-0.2, -0.15) is 0 Å². The molecule has 0 aliphatic heterocycles. The lowest BCUT2D eigenvalue weighted by Gasteiger charge is -2.28. The van der Waals surface area contributed by atoms with Crippen molar-refractivity contribution in [3.05, 3.63) is 78.1 Å². The number of anilines is 1. The molecule has 0 bridgehead atoms. The van der Waals surface area contributed by atoms with Crippen LogP contribution in [0.15, 0.2) is 69.9 Å². The van der Waals surface area contributed by atoms with E-state index in [0.717, 1.165) is 31.4 Å². The van der Waals surface area contributed by atoms with Crippen LogP contribution in [0.2, 0.25) is 0 Å². The van der Waals surface area contributed by atoms with Crippen LogP contribution in [0, 0.1) is 0 Å². The van der Waals surface area contributed by atoms with E-state index in [1.165, 1.54) is 6.26 Å². The molecule has 144 valence electrons. The van der Waals surface area contributed by atoms with E-state index in [1.807, 2.05) is 17.0 Å². The summed E-state index contributed by atoms with van der Waals surface area (Å²) in [6, 6.07) is 14.2. The van der Waals surface area contributed by atoms with Crippen molar-refractivity contribution in [2.24, 2.45) is 0 Å². The second-order valence-electron chi connectivity index (χ2n) is 6.96. The van der Waals surface area contributed by atoms with E-state index in [9.17, 15) is 9.59 Å². The molecule has 28 heavy (non-hydrogen) atoms. The summed E-state index contributed by atoms with van der Waals surface area (Å²) in [4.78, 5) is 27.4. The monoisotopic (exact) mass is 378 g/mol. The first-order valence-corrected chi connectivity index (χ1v) is 9.49. The van der Waals surface area contributed by atoms with Crippen LogP contribution in [0.4, 0.5) is 5.69 Å². The van der Waals surface area contributed by atoms with Gasteiger partial charge in [0.25, 0.3) is 11.8 Å². The van der Waals surface area contributed by atoms with E-state index < -0.39 is 0 Å². The second-order valence-corrected chi connectivity index (χ2v) is 6.96. The SMILES string of the molecule is O=C(Nc1cccc(C(=O)N(Cc2ccco2)C2CCCC2)c1)c1ccco1. The number of hydrogen-bond acceptors (Lipinski definition) is 4. The smallest absolute Gasteiger partial charge is 0.291 e. The Bertz CT molecular complexity index is 925. The number of furan rings is 2. The van der Waals surface area contributed by atoms with Gasteiger partial charge in [0, 0.05) is 17.3 Å². The van der Waals surface area contributed by atoms with E-state index in [-0.39, 0.29) is 23.6 Å². The van der Waals surface area contributed by atoms with E-state index in [0.29, 0.717) is 17.8 Å². The number of rotatable bonds is 6. The van der Waals surface area contributed by atoms with Crippen LogP contribution in [-0.2, 0) is 6.54 Å². The highest BCUT2D eigenvalue weighted by atomic mass is 16.3. The first kappa shape index (κ1) is 18.1. The molecule has 1 aromatic carbocycles. The quantitative estimate of drug-likeness (QED) is 0.674. The number of amides is 2. The molecule has 3 aromatic rings. The zero-order valence-electron chi connectivity index (χ0n) is 15.5. The Hall–Kier alpha value is -3.28. The van der Waals surface area contributed by atoms with Crippen molar-refractivity contribution in [1.29, 1.82) is 0 Å². The predicted octanol–water partition coefficient (Wildman–Crippen LogP) is 4.71. The highest BCUT2D eigenvalue weighted by Crippen LogP contribution is 2.27. The van der Waals surface area contributed by atoms with E-state index in [4.69, 9.17) is 8.83 Å². The number of benzene rings is 1. The minimum absolute atomic E-state index is 0.0580. The molecule has 0 unspecified atom stereocenters. The summed E-state index contributed by atoms with van der Waals surface area (Å²) in [6.07, 6.45) is 7.33. The third kappa shape index (κ3) is 4.01. The van der Waals surface area contributed by atoms with Crippen molar-refractivity contribution in [2.75, 3.05) is 5.32 Å². The third-order valence-electron chi connectivity index (χ3n) is 5.04. The van der Waals surface area contributed by atoms with Gasteiger partial charge in [0.05, 0.1) is 19.1 Å². The summed E-state index contributed by atoms with van der Waals surface area (Å²) >= 11 is 0. The molecule has 0 saturated heterocycles. The molecule has 0 radical (unpaired) electrons. The molecular weight excluding hydrogens is 356 g/mol. The fraction of sp³-hybridized carbons (Fsp3) is 0.273. The molecule has 1 N–H and O–H groups in total. The van der Waals surface area contributed by atoms with Crippen molar-refractivity contribution < 1.29 is 18.4 Å². The molecule has 6 heteroatoms. The van der Waals surface area contributed by atoms with Gasteiger partial charge in [0.2, 0.25) is 0 Å². The summed E-state index contributed by atoms with van der Waals surface area (Å²) in [5.41, 5.74) is 1.09. The van der Waals surface area contributed by atoms with Crippen LogP contribution in [0.25, 0.3) is 0 Å².